The molecule has 2 rings (SSSR count). The van der Waals surface area contributed by atoms with E-state index >= 15 is 0 Å². The largest absolute Gasteiger partial charge is 0.479 e. The fourth-order valence-electron chi connectivity index (χ4n) is 2.50. The first-order valence-corrected chi connectivity index (χ1v) is 6.57. The van der Waals surface area contributed by atoms with Gasteiger partial charge in [0.1, 0.15) is 5.54 Å². The molecule has 0 spiro atoms. The van der Waals surface area contributed by atoms with Crippen LogP contribution in [0.3, 0.4) is 0 Å². The predicted octanol–water partition coefficient (Wildman–Crippen LogP) is 1.78. The van der Waals surface area contributed by atoms with Gasteiger partial charge in [-0.25, -0.2) is 4.79 Å². The van der Waals surface area contributed by atoms with Crippen LogP contribution in [-0.4, -0.2) is 33.3 Å². The highest BCUT2D eigenvalue weighted by atomic mass is 16.4. The van der Waals surface area contributed by atoms with Crippen LogP contribution in [0.15, 0.2) is 30.3 Å². The third kappa shape index (κ3) is 2.09. The highest BCUT2D eigenvalue weighted by Crippen LogP contribution is 2.35. The average molecular weight is 275 g/mol. The van der Waals surface area contributed by atoms with Crippen LogP contribution < -0.4 is 0 Å². The number of aliphatic carboxylic acids is 1. The van der Waals surface area contributed by atoms with Crippen molar-refractivity contribution in [2.24, 2.45) is 0 Å². The third-order valence-corrected chi connectivity index (χ3v) is 3.99. The summed E-state index contributed by atoms with van der Waals surface area (Å²) < 4.78 is 0. The predicted molar refractivity (Wildman–Crippen MR) is 72.0 cm³/mol. The number of hydrogen-bond donors (Lipinski definition) is 1. The molecular formula is C15H17NO4. The lowest BCUT2D eigenvalue weighted by Gasteiger charge is -2.32. The Kier molecular flexibility index (Phi) is 3.61. The third-order valence-electron chi connectivity index (χ3n) is 3.99. The molecular weight excluding hydrogens is 258 g/mol. The van der Waals surface area contributed by atoms with Crippen LogP contribution in [0.4, 0.5) is 0 Å². The number of likely N-dealkylation sites (tertiary alicyclic amines) is 1. The average Bonchev–Trinajstić information content (AvgIpc) is 2.74. The Bertz CT molecular complexity index is 554. The second-order valence-electron chi connectivity index (χ2n) is 5.17. The molecule has 2 unspecified atom stereocenters. The van der Waals surface area contributed by atoms with E-state index in [-0.39, 0.29) is 12.8 Å². The highest BCUT2D eigenvalue weighted by molar-refractivity contribution is 6.09. The lowest BCUT2D eigenvalue weighted by molar-refractivity contribution is -0.162. The summed E-state index contributed by atoms with van der Waals surface area (Å²) in [6.07, 6.45) is 0.215. The van der Waals surface area contributed by atoms with Gasteiger partial charge >= 0.3 is 5.97 Å². The number of carboxylic acids is 1. The highest BCUT2D eigenvalue weighted by Gasteiger charge is 2.51. The van der Waals surface area contributed by atoms with Gasteiger partial charge in [-0.2, -0.15) is 0 Å². The molecule has 2 atom stereocenters. The second-order valence-corrected chi connectivity index (χ2v) is 5.17. The van der Waals surface area contributed by atoms with E-state index in [0.29, 0.717) is 0 Å². The smallest absolute Gasteiger partial charge is 0.329 e. The van der Waals surface area contributed by atoms with Gasteiger partial charge in [0.15, 0.2) is 0 Å². The Balaban J connectivity index is 2.37. The van der Waals surface area contributed by atoms with Crippen LogP contribution in [0, 0.1) is 0 Å². The first-order valence-electron chi connectivity index (χ1n) is 6.57. The molecule has 1 N–H and O–H groups in total. The van der Waals surface area contributed by atoms with E-state index in [1.165, 1.54) is 6.92 Å². The summed E-state index contributed by atoms with van der Waals surface area (Å²) in [7, 11) is 0. The van der Waals surface area contributed by atoms with E-state index in [1.807, 2.05) is 6.07 Å². The van der Waals surface area contributed by atoms with Crippen LogP contribution in [0.25, 0.3) is 0 Å². The molecule has 1 aliphatic rings. The minimum absolute atomic E-state index is 0.0334. The summed E-state index contributed by atoms with van der Waals surface area (Å²) in [6.45, 7) is 3.07. The zero-order chi connectivity index (χ0) is 14.9. The van der Waals surface area contributed by atoms with E-state index in [9.17, 15) is 19.5 Å². The van der Waals surface area contributed by atoms with E-state index in [2.05, 4.69) is 0 Å². The SMILES string of the molecule is CCC(C)(C(=O)O)N1C(=O)CC(c2ccccc2)C1=O. The summed E-state index contributed by atoms with van der Waals surface area (Å²) in [5.41, 5.74) is -0.727. The van der Waals surface area contributed by atoms with E-state index in [4.69, 9.17) is 0 Å². The fourth-order valence-corrected chi connectivity index (χ4v) is 2.50. The van der Waals surface area contributed by atoms with Gasteiger partial charge in [-0.1, -0.05) is 37.3 Å². The molecule has 5 nitrogen and oxygen atoms in total. The number of carbonyl (C=O) groups excluding carboxylic acids is 2. The number of nitrogens with zero attached hydrogens (tertiary/aromatic N) is 1. The molecule has 0 saturated carbocycles. The summed E-state index contributed by atoms with van der Waals surface area (Å²) in [6, 6.07) is 8.99. The molecule has 1 saturated heterocycles. The molecule has 0 aromatic heterocycles. The first-order chi connectivity index (χ1) is 9.41. The first kappa shape index (κ1) is 14.2. The van der Waals surface area contributed by atoms with Crippen LogP contribution >= 0.6 is 0 Å². The fraction of sp³-hybridized carbons (Fsp3) is 0.400. The van der Waals surface area contributed by atoms with Gasteiger partial charge < -0.3 is 5.11 Å². The second kappa shape index (κ2) is 5.07. The Morgan fingerprint density at radius 3 is 2.45 bits per heavy atom. The Hall–Kier alpha value is -2.17. The summed E-state index contributed by atoms with van der Waals surface area (Å²) in [5.74, 6) is -2.58. The van der Waals surface area contributed by atoms with Crippen LogP contribution in [-0.2, 0) is 14.4 Å². The van der Waals surface area contributed by atoms with Crippen molar-refractivity contribution in [1.82, 2.24) is 4.90 Å². The number of hydrogen-bond acceptors (Lipinski definition) is 3. The monoisotopic (exact) mass is 275 g/mol. The van der Waals surface area contributed by atoms with Gasteiger partial charge in [-0.3, -0.25) is 14.5 Å². The van der Waals surface area contributed by atoms with Crippen LogP contribution in [0.1, 0.15) is 38.2 Å². The van der Waals surface area contributed by atoms with Crippen molar-refractivity contribution in [3.05, 3.63) is 35.9 Å². The molecule has 0 aliphatic carbocycles. The normalized spacial score (nSPS) is 21.9. The molecule has 1 aliphatic heterocycles. The Morgan fingerprint density at radius 2 is 1.95 bits per heavy atom. The number of carbonyl (C=O) groups is 3. The van der Waals surface area contributed by atoms with Gasteiger partial charge in [-0.05, 0) is 18.9 Å². The molecule has 0 radical (unpaired) electrons. The number of carboxylic acid groups (broad SMARTS) is 1. The van der Waals surface area contributed by atoms with Gasteiger partial charge in [0, 0.05) is 6.42 Å². The number of amides is 2. The van der Waals surface area contributed by atoms with E-state index < -0.39 is 29.2 Å². The lowest BCUT2D eigenvalue weighted by Crippen LogP contribution is -2.54. The molecule has 0 bridgehead atoms. The van der Waals surface area contributed by atoms with Gasteiger partial charge in [0.25, 0.3) is 0 Å². The van der Waals surface area contributed by atoms with E-state index in [1.54, 1.807) is 31.2 Å². The minimum atomic E-state index is -1.47. The van der Waals surface area contributed by atoms with Crippen LogP contribution in [0.2, 0.25) is 0 Å². The molecule has 1 fully saturated rings. The van der Waals surface area contributed by atoms with Crippen molar-refractivity contribution in [3.8, 4) is 0 Å². The topological polar surface area (TPSA) is 74.7 Å². The van der Waals surface area contributed by atoms with Gasteiger partial charge in [0.05, 0.1) is 5.92 Å². The van der Waals surface area contributed by atoms with Crippen molar-refractivity contribution in [2.75, 3.05) is 0 Å². The maximum Gasteiger partial charge on any atom is 0.329 e. The molecule has 5 heteroatoms. The molecule has 20 heavy (non-hydrogen) atoms. The van der Waals surface area contributed by atoms with Crippen molar-refractivity contribution in [3.63, 3.8) is 0 Å². The molecule has 1 aromatic carbocycles. The quantitative estimate of drug-likeness (QED) is 0.850. The molecule has 2 amide bonds. The van der Waals surface area contributed by atoms with Gasteiger partial charge in [0.2, 0.25) is 11.8 Å². The number of benzene rings is 1. The summed E-state index contributed by atoms with van der Waals surface area (Å²) in [5, 5.41) is 9.34. The van der Waals surface area contributed by atoms with Crippen molar-refractivity contribution in [1.29, 1.82) is 0 Å². The Morgan fingerprint density at radius 1 is 1.35 bits per heavy atom. The van der Waals surface area contributed by atoms with Gasteiger partial charge in [-0.15, -0.1) is 0 Å². The maximum atomic E-state index is 12.5. The number of rotatable bonds is 4. The van der Waals surface area contributed by atoms with Crippen molar-refractivity contribution in [2.45, 2.75) is 38.1 Å². The van der Waals surface area contributed by atoms with Crippen LogP contribution in [0.5, 0.6) is 0 Å². The zero-order valence-electron chi connectivity index (χ0n) is 11.5. The molecule has 1 aromatic rings. The summed E-state index contributed by atoms with van der Waals surface area (Å²) in [4.78, 5) is 36.9. The van der Waals surface area contributed by atoms with Crippen molar-refractivity contribution >= 4 is 17.8 Å². The Labute approximate surface area is 117 Å². The maximum absolute atomic E-state index is 12.5. The number of imide groups is 1. The molecule has 106 valence electrons. The zero-order valence-corrected chi connectivity index (χ0v) is 11.5. The lowest BCUT2D eigenvalue weighted by atomic mass is 9.95. The summed E-state index contributed by atoms with van der Waals surface area (Å²) >= 11 is 0. The minimum Gasteiger partial charge on any atom is -0.479 e. The standard InChI is InChI=1S/C15H17NO4/c1-3-15(2,14(19)20)16-12(17)9-11(13(16)18)10-7-5-4-6-8-10/h4-8,11H,3,9H2,1-2H3,(H,19,20). The molecule has 1 heterocycles. The van der Waals surface area contributed by atoms with E-state index in [0.717, 1.165) is 10.5 Å². The van der Waals surface area contributed by atoms with Crippen molar-refractivity contribution < 1.29 is 19.5 Å².